The molecule has 50 heavy (non-hydrogen) atoms. The molecule has 0 aromatic rings. The zero-order valence-electron chi connectivity index (χ0n) is 35.5. The normalized spacial score (nSPS) is 10.8. The standard InChI is InChI=1S/C25H51NS.C13H26.C9H21N/c1-3-5-7-8-9-10-11-12-13-14-15-16-19-23-26(22-6-4-2)24-20-17-18-21-25-27;1-3-5-7-9-11-13-12-10-8-6-4-2;1-3-4-5-6-7-8-9-10-2/h4,27H,2-3,5-25H2,1H3;3H,1,4-13H2,2H3;10H,3-9H2,1-2H3. The van der Waals surface area contributed by atoms with Gasteiger partial charge in [-0.15, -0.1) is 13.2 Å². The number of nitrogens with one attached hydrogen (secondary N) is 1. The number of rotatable bonds is 40. The summed E-state index contributed by atoms with van der Waals surface area (Å²) >= 11 is 4.30. The highest BCUT2D eigenvalue weighted by molar-refractivity contribution is 7.80. The third-order valence-electron chi connectivity index (χ3n) is 9.90. The fourth-order valence-corrected chi connectivity index (χ4v) is 6.67. The predicted molar refractivity (Wildman–Crippen MR) is 239 cm³/mol. The van der Waals surface area contributed by atoms with E-state index in [4.69, 9.17) is 0 Å². The quantitative estimate of drug-likeness (QED) is 0.0372. The lowest BCUT2D eigenvalue weighted by molar-refractivity contribution is 0.265. The zero-order valence-corrected chi connectivity index (χ0v) is 36.4. The van der Waals surface area contributed by atoms with Gasteiger partial charge in [0.1, 0.15) is 0 Å². The van der Waals surface area contributed by atoms with Crippen molar-refractivity contribution >= 4 is 12.6 Å². The Bertz CT molecular complexity index is 557. The van der Waals surface area contributed by atoms with Crippen LogP contribution in [0.5, 0.6) is 0 Å². The van der Waals surface area contributed by atoms with Crippen LogP contribution >= 0.6 is 12.6 Å². The van der Waals surface area contributed by atoms with Gasteiger partial charge < -0.3 is 10.2 Å². The molecule has 0 heterocycles. The number of hydrogen-bond acceptors (Lipinski definition) is 3. The van der Waals surface area contributed by atoms with Gasteiger partial charge in [0.05, 0.1) is 0 Å². The fraction of sp³-hybridized carbons (Fsp3) is 0.915. The van der Waals surface area contributed by atoms with Crippen molar-refractivity contribution in [3.05, 3.63) is 25.3 Å². The second kappa shape index (κ2) is 55.5. The second-order valence-corrected chi connectivity index (χ2v) is 15.5. The van der Waals surface area contributed by atoms with Crippen molar-refractivity contribution in [3.63, 3.8) is 0 Å². The smallest absolute Gasteiger partial charge is 0.00158 e. The Morgan fingerprint density at radius 3 is 1.06 bits per heavy atom. The molecule has 0 bridgehead atoms. The van der Waals surface area contributed by atoms with Gasteiger partial charge in [0, 0.05) is 6.54 Å². The van der Waals surface area contributed by atoms with Gasteiger partial charge >= 0.3 is 0 Å². The molecule has 0 aliphatic carbocycles. The van der Waals surface area contributed by atoms with Crippen LogP contribution in [0.3, 0.4) is 0 Å². The molecule has 2 nitrogen and oxygen atoms in total. The maximum absolute atomic E-state index is 4.30. The summed E-state index contributed by atoms with van der Waals surface area (Å²) in [7, 11) is 2.02. The molecular weight excluding hydrogens is 625 g/mol. The first-order valence-electron chi connectivity index (χ1n) is 22.9. The van der Waals surface area contributed by atoms with E-state index in [0.29, 0.717) is 0 Å². The van der Waals surface area contributed by atoms with Gasteiger partial charge in [0.15, 0.2) is 0 Å². The first kappa shape index (κ1) is 54.1. The maximum atomic E-state index is 4.30. The zero-order chi connectivity index (χ0) is 37.3. The average Bonchev–Trinajstić information content (AvgIpc) is 3.13. The number of allylic oxidation sites excluding steroid dienone is 1. The van der Waals surface area contributed by atoms with E-state index in [1.165, 1.54) is 238 Å². The molecular formula is C47H98N2S. The van der Waals surface area contributed by atoms with Crippen LogP contribution in [0.1, 0.15) is 239 Å². The van der Waals surface area contributed by atoms with Crippen molar-refractivity contribution in [2.45, 2.75) is 239 Å². The monoisotopic (exact) mass is 723 g/mol. The molecule has 0 aliphatic heterocycles. The SMILES string of the molecule is C=CCCCCCCCCCCC.C=CCCN(CCCCCCS)CCCCCCCCCCCCCCC.CCCCCCCCNC. The Hall–Kier alpha value is -0.250. The molecule has 302 valence electrons. The van der Waals surface area contributed by atoms with Gasteiger partial charge in [0.2, 0.25) is 0 Å². The lowest BCUT2D eigenvalue weighted by Gasteiger charge is -2.21. The molecule has 3 heteroatoms. The van der Waals surface area contributed by atoms with E-state index in [1.54, 1.807) is 0 Å². The minimum absolute atomic E-state index is 1.04. The third kappa shape index (κ3) is 57.1. The molecule has 0 saturated heterocycles. The summed E-state index contributed by atoms with van der Waals surface area (Å²) in [6, 6.07) is 0. The van der Waals surface area contributed by atoms with Gasteiger partial charge in [-0.05, 0) is 77.4 Å². The van der Waals surface area contributed by atoms with E-state index < -0.39 is 0 Å². The summed E-state index contributed by atoms with van der Waals surface area (Å²) in [5, 5.41) is 3.16. The van der Waals surface area contributed by atoms with Gasteiger partial charge in [-0.1, -0.05) is 206 Å². The summed E-state index contributed by atoms with van der Waals surface area (Å²) in [5.41, 5.74) is 0. The van der Waals surface area contributed by atoms with Crippen LogP contribution < -0.4 is 5.32 Å². The molecule has 0 atom stereocenters. The van der Waals surface area contributed by atoms with Gasteiger partial charge in [-0.2, -0.15) is 12.6 Å². The van der Waals surface area contributed by atoms with Crippen LogP contribution in [0.25, 0.3) is 0 Å². The van der Waals surface area contributed by atoms with E-state index in [0.717, 1.165) is 12.2 Å². The van der Waals surface area contributed by atoms with Gasteiger partial charge in [0.25, 0.3) is 0 Å². The van der Waals surface area contributed by atoms with Crippen molar-refractivity contribution < 1.29 is 0 Å². The summed E-state index contributed by atoms with van der Waals surface area (Å²) in [6.45, 7) is 19.4. The van der Waals surface area contributed by atoms with Crippen molar-refractivity contribution in [2.24, 2.45) is 0 Å². The number of nitrogens with zero attached hydrogens (tertiary/aromatic N) is 1. The number of thiol groups is 1. The molecule has 0 spiro atoms. The molecule has 0 rings (SSSR count). The minimum Gasteiger partial charge on any atom is -0.320 e. The third-order valence-corrected chi connectivity index (χ3v) is 10.2. The summed E-state index contributed by atoms with van der Waals surface area (Å²) < 4.78 is 0. The van der Waals surface area contributed by atoms with E-state index in [-0.39, 0.29) is 0 Å². The Kier molecular flexibility index (Phi) is 60.1. The molecule has 0 aliphatic rings. The fourth-order valence-electron chi connectivity index (χ4n) is 6.44. The lowest BCUT2D eigenvalue weighted by atomic mass is 10.0. The highest BCUT2D eigenvalue weighted by Gasteiger charge is 2.04. The highest BCUT2D eigenvalue weighted by Crippen LogP contribution is 2.14. The van der Waals surface area contributed by atoms with Crippen molar-refractivity contribution in [3.8, 4) is 0 Å². The molecule has 1 N–H and O–H groups in total. The number of unbranched alkanes of at least 4 members (excludes halogenated alkanes) is 29. The Balaban J connectivity index is -0.000000789. The highest BCUT2D eigenvalue weighted by atomic mass is 32.1. The Labute approximate surface area is 325 Å². The second-order valence-electron chi connectivity index (χ2n) is 15.1. The van der Waals surface area contributed by atoms with E-state index in [2.05, 4.69) is 62.9 Å². The maximum Gasteiger partial charge on any atom is 0.00158 e. The molecule has 0 aromatic heterocycles. The van der Waals surface area contributed by atoms with Crippen LogP contribution in [0.15, 0.2) is 25.3 Å². The minimum atomic E-state index is 1.04. The van der Waals surface area contributed by atoms with Crippen molar-refractivity contribution in [1.82, 2.24) is 10.2 Å². The molecule has 0 fully saturated rings. The predicted octanol–water partition coefficient (Wildman–Crippen LogP) is 16.1. The topological polar surface area (TPSA) is 15.3 Å². The largest absolute Gasteiger partial charge is 0.320 e. The molecule has 0 aromatic carbocycles. The molecule has 0 radical (unpaired) electrons. The van der Waals surface area contributed by atoms with Crippen LogP contribution in [-0.2, 0) is 0 Å². The summed E-state index contributed by atoms with van der Waals surface area (Å²) in [5.74, 6) is 1.04. The average molecular weight is 723 g/mol. The van der Waals surface area contributed by atoms with E-state index in [9.17, 15) is 0 Å². The van der Waals surface area contributed by atoms with Gasteiger partial charge in [-0.25, -0.2) is 0 Å². The van der Waals surface area contributed by atoms with E-state index in [1.807, 2.05) is 13.1 Å². The van der Waals surface area contributed by atoms with Crippen LogP contribution in [0.4, 0.5) is 0 Å². The molecule has 0 amide bonds. The Morgan fingerprint density at radius 1 is 0.400 bits per heavy atom. The summed E-state index contributed by atoms with van der Waals surface area (Å²) in [6.07, 6.45) is 51.6. The molecule has 0 unspecified atom stereocenters. The Morgan fingerprint density at radius 2 is 0.720 bits per heavy atom. The summed E-state index contributed by atoms with van der Waals surface area (Å²) in [4.78, 5) is 2.67. The van der Waals surface area contributed by atoms with E-state index >= 15 is 0 Å². The van der Waals surface area contributed by atoms with Gasteiger partial charge in [-0.3, -0.25) is 0 Å². The molecule has 0 saturated carbocycles. The first-order chi connectivity index (χ1) is 24.7. The van der Waals surface area contributed by atoms with Crippen molar-refractivity contribution in [2.75, 3.05) is 39.0 Å². The van der Waals surface area contributed by atoms with Crippen LogP contribution in [0.2, 0.25) is 0 Å². The number of hydrogen-bond donors (Lipinski definition) is 2. The van der Waals surface area contributed by atoms with Crippen LogP contribution in [-0.4, -0.2) is 43.9 Å². The lowest BCUT2D eigenvalue weighted by Crippen LogP contribution is -2.27. The van der Waals surface area contributed by atoms with Crippen LogP contribution in [0, 0.1) is 0 Å². The van der Waals surface area contributed by atoms with Crippen molar-refractivity contribution in [1.29, 1.82) is 0 Å². The first-order valence-corrected chi connectivity index (χ1v) is 23.5.